The van der Waals surface area contributed by atoms with Gasteiger partial charge in [-0.3, -0.25) is 0 Å². The van der Waals surface area contributed by atoms with E-state index in [4.69, 9.17) is 4.74 Å². The van der Waals surface area contributed by atoms with E-state index in [-0.39, 0.29) is 0 Å². The van der Waals surface area contributed by atoms with E-state index in [2.05, 4.69) is 34.4 Å². The number of hydrogen-bond acceptors (Lipinski definition) is 5. The SMILES string of the molecule is CCC(C)Nc1cc(-c2ccccc2)nc(Nc2ccc(OC)cc2)n1. The van der Waals surface area contributed by atoms with Crippen molar-refractivity contribution in [1.82, 2.24) is 9.97 Å². The van der Waals surface area contributed by atoms with E-state index in [0.29, 0.717) is 12.0 Å². The van der Waals surface area contributed by atoms with Crippen LogP contribution in [0.25, 0.3) is 11.3 Å². The quantitative estimate of drug-likeness (QED) is 0.621. The summed E-state index contributed by atoms with van der Waals surface area (Å²) in [6.45, 7) is 4.29. The zero-order chi connectivity index (χ0) is 18.4. The Morgan fingerprint density at radius 3 is 2.38 bits per heavy atom. The highest BCUT2D eigenvalue weighted by Gasteiger charge is 2.09. The number of anilines is 3. The fourth-order valence-corrected chi connectivity index (χ4v) is 2.49. The van der Waals surface area contributed by atoms with E-state index >= 15 is 0 Å². The van der Waals surface area contributed by atoms with Crippen molar-refractivity contribution in [3.05, 3.63) is 60.7 Å². The minimum Gasteiger partial charge on any atom is -0.497 e. The third-order valence-electron chi connectivity index (χ3n) is 4.15. The molecule has 0 fully saturated rings. The Kier molecular flexibility index (Phi) is 5.69. The van der Waals surface area contributed by atoms with Gasteiger partial charge in [0, 0.05) is 23.4 Å². The van der Waals surface area contributed by atoms with Gasteiger partial charge in [-0.2, -0.15) is 4.98 Å². The standard InChI is InChI=1S/C21H24N4O/c1-4-15(2)22-20-14-19(16-8-6-5-7-9-16)24-21(25-20)23-17-10-12-18(26-3)13-11-17/h5-15H,4H2,1-3H3,(H2,22,23,24,25). The van der Waals surface area contributed by atoms with Crippen molar-refractivity contribution in [2.24, 2.45) is 0 Å². The van der Waals surface area contributed by atoms with Gasteiger partial charge in [-0.05, 0) is 37.6 Å². The lowest BCUT2D eigenvalue weighted by Gasteiger charge is -2.15. The molecule has 0 spiro atoms. The van der Waals surface area contributed by atoms with Gasteiger partial charge < -0.3 is 15.4 Å². The molecule has 3 aromatic rings. The van der Waals surface area contributed by atoms with Gasteiger partial charge in [0.2, 0.25) is 5.95 Å². The molecule has 0 saturated heterocycles. The number of aromatic nitrogens is 2. The van der Waals surface area contributed by atoms with Crippen LogP contribution in [0.5, 0.6) is 5.75 Å². The molecule has 0 aliphatic rings. The highest BCUT2D eigenvalue weighted by molar-refractivity contribution is 5.66. The predicted molar refractivity (Wildman–Crippen MR) is 107 cm³/mol. The van der Waals surface area contributed by atoms with Gasteiger partial charge in [0.05, 0.1) is 12.8 Å². The van der Waals surface area contributed by atoms with Crippen molar-refractivity contribution in [1.29, 1.82) is 0 Å². The molecule has 0 amide bonds. The van der Waals surface area contributed by atoms with Gasteiger partial charge in [0.15, 0.2) is 0 Å². The van der Waals surface area contributed by atoms with Crippen LogP contribution < -0.4 is 15.4 Å². The van der Waals surface area contributed by atoms with E-state index in [1.165, 1.54) is 0 Å². The summed E-state index contributed by atoms with van der Waals surface area (Å²) in [5.74, 6) is 2.18. The molecule has 0 aliphatic carbocycles. The van der Waals surface area contributed by atoms with Crippen molar-refractivity contribution in [2.45, 2.75) is 26.3 Å². The smallest absolute Gasteiger partial charge is 0.229 e. The summed E-state index contributed by atoms with van der Waals surface area (Å²) >= 11 is 0. The van der Waals surface area contributed by atoms with Gasteiger partial charge >= 0.3 is 0 Å². The molecule has 26 heavy (non-hydrogen) atoms. The summed E-state index contributed by atoms with van der Waals surface area (Å²) in [7, 11) is 1.65. The van der Waals surface area contributed by atoms with Crippen LogP contribution in [0.1, 0.15) is 20.3 Å². The van der Waals surface area contributed by atoms with E-state index in [0.717, 1.165) is 34.9 Å². The van der Waals surface area contributed by atoms with Crippen LogP contribution in [0, 0.1) is 0 Å². The summed E-state index contributed by atoms with van der Waals surface area (Å²) < 4.78 is 5.20. The van der Waals surface area contributed by atoms with Crippen LogP contribution in [0.2, 0.25) is 0 Å². The molecule has 0 aliphatic heterocycles. The largest absolute Gasteiger partial charge is 0.497 e. The normalized spacial score (nSPS) is 11.7. The first-order valence-corrected chi connectivity index (χ1v) is 8.80. The second-order valence-electron chi connectivity index (χ2n) is 6.14. The molecule has 1 aromatic heterocycles. The van der Waals surface area contributed by atoms with Crippen molar-refractivity contribution < 1.29 is 4.74 Å². The van der Waals surface area contributed by atoms with Gasteiger partial charge in [0.25, 0.3) is 0 Å². The lowest BCUT2D eigenvalue weighted by molar-refractivity contribution is 0.415. The van der Waals surface area contributed by atoms with E-state index in [9.17, 15) is 0 Å². The van der Waals surface area contributed by atoms with E-state index in [1.807, 2.05) is 60.7 Å². The Balaban J connectivity index is 1.93. The number of benzene rings is 2. The van der Waals surface area contributed by atoms with Crippen LogP contribution in [0.15, 0.2) is 60.7 Å². The summed E-state index contributed by atoms with van der Waals surface area (Å²) in [5, 5.41) is 6.71. The summed E-state index contributed by atoms with van der Waals surface area (Å²) in [5.41, 5.74) is 2.84. The molecule has 2 N–H and O–H groups in total. The Labute approximate surface area is 154 Å². The van der Waals surface area contributed by atoms with Gasteiger partial charge in [-0.15, -0.1) is 0 Å². The minimum atomic E-state index is 0.336. The fraction of sp³-hybridized carbons (Fsp3) is 0.238. The average Bonchev–Trinajstić information content (AvgIpc) is 2.69. The molecule has 2 aromatic carbocycles. The molecule has 1 atom stereocenters. The second kappa shape index (κ2) is 8.34. The molecule has 3 rings (SSSR count). The first kappa shape index (κ1) is 17.7. The number of methoxy groups -OCH3 is 1. The maximum Gasteiger partial charge on any atom is 0.229 e. The Hall–Kier alpha value is -3.08. The fourth-order valence-electron chi connectivity index (χ4n) is 2.49. The van der Waals surface area contributed by atoms with Crippen molar-refractivity contribution in [3.63, 3.8) is 0 Å². The van der Waals surface area contributed by atoms with Crippen LogP contribution in [-0.2, 0) is 0 Å². The van der Waals surface area contributed by atoms with Crippen LogP contribution in [0.3, 0.4) is 0 Å². The van der Waals surface area contributed by atoms with Crippen LogP contribution in [0.4, 0.5) is 17.5 Å². The van der Waals surface area contributed by atoms with Crippen LogP contribution in [-0.4, -0.2) is 23.1 Å². The summed E-state index contributed by atoms with van der Waals surface area (Å²) in [6.07, 6.45) is 1.02. The van der Waals surface area contributed by atoms with Crippen molar-refractivity contribution in [3.8, 4) is 17.0 Å². The first-order chi connectivity index (χ1) is 12.7. The molecule has 1 unspecified atom stereocenters. The molecule has 1 heterocycles. The Morgan fingerprint density at radius 2 is 1.73 bits per heavy atom. The van der Waals surface area contributed by atoms with Crippen LogP contribution >= 0.6 is 0 Å². The maximum atomic E-state index is 5.20. The minimum absolute atomic E-state index is 0.336. The van der Waals surface area contributed by atoms with E-state index < -0.39 is 0 Å². The number of nitrogens with one attached hydrogen (secondary N) is 2. The first-order valence-electron chi connectivity index (χ1n) is 8.80. The monoisotopic (exact) mass is 348 g/mol. The van der Waals surface area contributed by atoms with Crippen molar-refractivity contribution in [2.75, 3.05) is 17.7 Å². The van der Waals surface area contributed by atoms with Crippen molar-refractivity contribution >= 4 is 17.5 Å². The topological polar surface area (TPSA) is 59.1 Å². The van der Waals surface area contributed by atoms with Gasteiger partial charge in [0.1, 0.15) is 11.6 Å². The van der Waals surface area contributed by atoms with Gasteiger partial charge in [-0.25, -0.2) is 4.98 Å². The average molecular weight is 348 g/mol. The Bertz CT molecular complexity index is 834. The molecule has 5 heteroatoms. The molecule has 0 radical (unpaired) electrons. The number of nitrogens with zero attached hydrogens (tertiary/aromatic N) is 2. The molecular formula is C21H24N4O. The number of rotatable bonds is 7. The molecular weight excluding hydrogens is 324 g/mol. The van der Waals surface area contributed by atoms with E-state index in [1.54, 1.807) is 7.11 Å². The summed E-state index contributed by atoms with van der Waals surface area (Å²) in [6, 6.07) is 20.1. The molecule has 5 nitrogen and oxygen atoms in total. The zero-order valence-corrected chi connectivity index (χ0v) is 15.4. The lowest BCUT2D eigenvalue weighted by atomic mass is 10.1. The summed E-state index contributed by atoms with van der Waals surface area (Å²) in [4.78, 5) is 9.30. The Morgan fingerprint density at radius 1 is 1.00 bits per heavy atom. The highest BCUT2D eigenvalue weighted by Crippen LogP contribution is 2.24. The number of ether oxygens (including phenoxy) is 1. The number of hydrogen-bond donors (Lipinski definition) is 2. The van der Waals surface area contributed by atoms with Gasteiger partial charge in [-0.1, -0.05) is 37.3 Å². The lowest BCUT2D eigenvalue weighted by Crippen LogP contribution is -2.15. The zero-order valence-electron chi connectivity index (χ0n) is 15.4. The molecule has 134 valence electrons. The molecule has 0 bridgehead atoms. The molecule has 0 saturated carbocycles. The third kappa shape index (κ3) is 4.51. The third-order valence-corrected chi connectivity index (χ3v) is 4.15. The highest BCUT2D eigenvalue weighted by atomic mass is 16.5. The predicted octanol–water partition coefficient (Wildman–Crippen LogP) is 5.11. The second-order valence-corrected chi connectivity index (χ2v) is 6.14. The maximum absolute atomic E-state index is 5.20.